The van der Waals surface area contributed by atoms with Crippen molar-refractivity contribution in [3.63, 3.8) is 0 Å². The number of fused-ring (bicyclic) bond motifs is 1. The minimum Gasteiger partial charge on any atom is -0.380 e. The second-order valence-corrected chi connectivity index (χ2v) is 10.2. The summed E-state index contributed by atoms with van der Waals surface area (Å²) in [7, 11) is 1.20. The van der Waals surface area contributed by atoms with Crippen molar-refractivity contribution in [3.8, 4) is 0 Å². The number of hydrogen-bond acceptors (Lipinski definition) is 4. The number of carbonyl (C=O) groups is 1. The number of anilines is 1. The van der Waals surface area contributed by atoms with Gasteiger partial charge in [-0.1, -0.05) is 11.6 Å². The fourth-order valence-electron chi connectivity index (χ4n) is 4.59. The number of nitrogens with zero attached hydrogens (tertiary/aromatic N) is 2. The van der Waals surface area contributed by atoms with Gasteiger partial charge in [0.05, 0.1) is 17.6 Å². The highest BCUT2D eigenvalue weighted by Crippen LogP contribution is 2.38. The van der Waals surface area contributed by atoms with Crippen LogP contribution in [-0.4, -0.2) is 46.6 Å². The Morgan fingerprint density at radius 1 is 1.24 bits per heavy atom. The average Bonchev–Trinajstić information content (AvgIpc) is 3.17. The summed E-state index contributed by atoms with van der Waals surface area (Å²) in [6.45, 7) is 0. The van der Waals surface area contributed by atoms with Crippen LogP contribution in [0.4, 0.5) is 23.2 Å². The number of thioether (sulfide) groups is 1. The van der Waals surface area contributed by atoms with Crippen LogP contribution < -0.4 is 5.32 Å². The Kier molecular flexibility index (Phi) is 7.09. The van der Waals surface area contributed by atoms with Crippen LogP contribution in [0, 0.1) is 11.7 Å². The zero-order chi connectivity index (χ0) is 23.8. The zero-order valence-corrected chi connectivity index (χ0v) is 19.5. The maximum absolute atomic E-state index is 14.1. The van der Waals surface area contributed by atoms with Gasteiger partial charge in [0.1, 0.15) is 5.82 Å². The second-order valence-electron chi connectivity index (χ2n) is 8.53. The molecular weight excluding hydrogens is 478 g/mol. The van der Waals surface area contributed by atoms with Gasteiger partial charge >= 0.3 is 6.18 Å². The third-order valence-electron chi connectivity index (χ3n) is 6.22. The number of rotatable bonds is 5. The number of carbonyl (C=O) groups excluding carboxylic acids is 1. The number of halogens is 5. The number of alkyl halides is 3. The highest BCUT2D eigenvalue weighted by Gasteiger charge is 2.47. The third kappa shape index (κ3) is 5.40. The first-order valence-corrected chi connectivity index (χ1v) is 12.3. The Morgan fingerprint density at radius 2 is 1.97 bits per heavy atom. The fourth-order valence-corrected chi connectivity index (χ4v) is 5.92. The Morgan fingerprint density at radius 3 is 2.61 bits per heavy atom. The second kappa shape index (κ2) is 9.70. The molecule has 1 unspecified atom stereocenters. The monoisotopic (exact) mass is 501 g/mol. The van der Waals surface area contributed by atoms with E-state index in [1.807, 2.05) is 0 Å². The molecule has 1 aliphatic heterocycles. The van der Waals surface area contributed by atoms with Crippen molar-refractivity contribution in [2.75, 3.05) is 23.9 Å². The molecule has 33 heavy (non-hydrogen) atoms. The van der Waals surface area contributed by atoms with E-state index in [1.54, 1.807) is 17.8 Å². The summed E-state index contributed by atoms with van der Waals surface area (Å²) in [5, 5.41) is 3.54. The van der Waals surface area contributed by atoms with Gasteiger partial charge in [0.15, 0.2) is 6.04 Å². The fraction of sp³-hybridized carbons (Fsp3) is 0.478. The summed E-state index contributed by atoms with van der Waals surface area (Å²) in [6, 6.07) is 3.59. The SMILES string of the molecule is CN(C(=O)C1CCSCC1)[C@@H](c1ccc(NC2Cc3cc(Cl)cc(F)c3C2)cn1)C(F)(F)F. The Balaban J connectivity index is 1.47. The van der Waals surface area contributed by atoms with Crippen molar-refractivity contribution in [1.29, 1.82) is 0 Å². The number of hydrogen-bond donors (Lipinski definition) is 1. The molecule has 1 amide bonds. The van der Waals surface area contributed by atoms with Crippen molar-refractivity contribution in [2.45, 2.75) is 43.9 Å². The van der Waals surface area contributed by atoms with Gasteiger partial charge in [-0.15, -0.1) is 0 Å². The lowest BCUT2D eigenvalue weighted by atomic mass is 9.99. The molecule has 2 atom stereocenters. The standard InChI is InChI=1S/C23H24ClF4N3OS/c1-31(22(32)13-4-6-33-7-5-13)21(23(26,27)28)20-3-2-16(12-29-20)30-17-9-14-8-15(24)10-19(25)18(14)11-17/h2-3,8,10,12-13,17,21,30H,4-7,9,11H2,1H3/t17?,21-/m0/s1. The molecule has 2 aliphatic rings. The van der Waals surface area contributed by atoms with E-state index in [0.717, 1.165) is 22.0 Å². The molecule has 1 saturated heterocycles. The molecule has 1 aromatic heterocycles. The van der Waals surface area contributed by atoms with E-state index in [9.17, 15) is 22.4 Å². The Labute approximate surface area is 199 Å². The average molecular weight is 502 g/mol. The lowest BCUT2D eigenvalue weighted by molar-refractivity contribution is -0.191. The lowest BCUT2D eigenvalue weighted by Gasteiger charge is -2.33. The Bertz CT molecular complexity index is 1010. The first-order valence-electron chi connectivity index (χ1n) is 10.7. The van der Waals surface area contributed by atoms with E-state index >= 15 is 0 Å². The van der Waals surface area contributed by atoms with Gasteiger partial charge in [0.25, 0.3) is 0 Å². The van der Waals surface area contributed by atoms with Gasteiger partial charge in [-0.25, -0.2) is 4.39 Å². The molecule has 1 N–H and O–H groups in total. The maximum atomic E-state index is 14.1. The molecule has 1 aliphatic carbocycles. The van der Waals surface area contributed by atoms with Crippen molar-refractivity contribution in [2.24, 2.45) is 5.92 Å². The maximum Gasteiger partial charge on any atom is 0.414 e. The molecule has 0 bridgehead atoms. The van der Waals surface area contributed by atoms with Crippen molar-refractivity contribution < 1.29 is 22.4 Å². The van der Waals surface area contributed by atoms with Gasteiger partial charge in [0, 0.05) is 24.0 Å². The summed E-state index contributed by atoms with van der Waals surface area (Å²) in [4.78, 5) is 17.6. The number of benzene rings is 1. The molecule has 2 heterocycles. The number of amides is 1. The predicted molar refractivity (Wildman–Crippen MR) is 122 cm³/mol. The van der Waals surface area contributed by atoms with Crippen molar-refractivity contribution in [1.82, 2.24) is 9.88 Å². The van der Waals surface area contributed by atoms with Crippen LogP contribution in [0.5, 0.6) is 0 Å². The topological polar surface area (TPSA) is 45.2 Å². The summed E-state index contributed by atoms with van der Waals surface area (Å²) in [6.07, 6.45) is -1.15. The van der Waals surface area contributed by atoms with Crippen LogP contribution >= 0.6 is 23.4 Å². The molecule has 178 valence electrons. The highest BCUT2D eigenvalue weighted by atomic mass is 35.5. The highest BCUT2D eigenvalue weighted by molar-refractivity contribution is 7.99. The Hall–Kier alpha value is -2.00. The number of aromatic nitrogens is 1. The van der Waals surface area contributed by atoms with Crippen LogP contribution in [0.2, 0.25) is 5.02 Å². The van der Waals surface area contributed by atoms with Crippen LogP contribution in [0.15, 0.2) is 30.5 Å². The first-order chi connectivity index (χ1) is 15.6. The summed E-state index contributed by atoms with van der Waals surface area (Å²) >= 11 is 7.64. The predicted octanol–water partition coefficient (Wildman–Crippen LogP) is 5.66. The van der Waals surface area contributed by atoms with Gasteiger partial charge < -0.3 is 10.2 Å². The van der Waals surface area contributed by atoms with Gasteiger partial charge in [-0.05, 0) is 72.6 Å². The van der Waals surface area contributed by atoms with Crippen LogP contribution in [-0.2, 0) is 17.6 Å². The van der Waals surface area contributed by atoms with Crippen molar-refractivity contribution >= 4 is 35.0 Å². The summed E-state index contributed by atoms with van der Waals surface area (Å²) in [5.74, 6) is 0.319. The smallest absolute Gasteiger partial charge is 0.380 e. The van der Waals surface area contributed by atoms with E-state index in [4.69, 9.17) is 11.6 Å². The van der Waals surface area contributed by atoms with Crippen LogP contribution in [0.1, 0.15) is 35.7 Å². The summed E-state index contributed by atoms with van der Waals surface area (Å²) in [5.41, 5.74) is 1.71. The van der Waals surface area contributed by atoms with E-state index in [0.29, 0.717) is 42.0 Å². The first kappa shape index (κ1) is 24.1. The molecule has 0 radical (unpaired) electrons. The van der Waals surface area contributed by atoms with Gasteiger partial charge in [0.2, 0.25) is 5.91 Å². The van der Waals surface area contributed by atoms with Gasteiger partial charge in [-0.2, -0.15) is 24.9 Å². The molecule has 4 nitrogen and oxygen atoms in total. The van der Waals surface area contributed by atoms with E-state index in [1.165, 1.54) is 31.4 Å². The van der Waals surface area contributed by atoms with Crippen LogP contribution in [0.25, 0.3) is 0 Å². The molecule has 4 rings (SSSR count). The van der Waals surface area contributed by atoms with E-state index in [-0.39, 0.29) is 23.5 Å². The molecule has 0 spiro atoms. The van der Waals surface area contributed by atoms with Gasteiger partial charge in [-0.3, -0.25) is 9.78 Å². The molecule has 1 aromatic carbocycles. The molecule has 10 heteroatoms. The van der Waals surface area contributed by atoms with Crippen molar-refractivity contribution in [3.05, 3.63) is 58.1 Å². The lowest BCUT2D eigenvalue weighted by Crippen LogP contribution is -2.43. The minimum atomic E-state index is -4.65. The minimum absolute atomic E-state index is 0.118. The normalized spacial score (nSPS) is 19.8. The number of nitrogens with one attached hydrogen (secondary N) is 1. The van der Waals surface area contributed by atoms with E-state index in [2.05, 4.69) is 10.3 Å². The largest absolute Gasteiger partial charge is 0.414 e. The molecule has 2 aromatic rings. The molecular formula is C23H24ClF4N3OS. The molecule has 1 fully saturated rings. The zero-order valence-electron chi connectivity index (χ0n) is 18.0. The molecule has 0 saturated carbocycles. The third-order valence-corrected chi connectivity index (χ3v) is 7.49. The number of pyridine rings is 1. The summed E-state index contributed by atoms with van der Waals surface area (Å²) < 4.78 is 55.9. The van der Waals surface area contributed by atoms with Crippen LogP contribution in [0.3, 0.4) is 0 Å². The quantitative estimate of drug-likeness (QED) is 0.537. The van der Waals surface area contributed by atoms with E-state index < -0.39 is 18.1 Å².